The maximum Gasteiger partial charge on any atom is 0.514 e. The maximum absolute atomic E-state index is 12.5. The number of hydrogen-bond donors (Lipinski definition) is 0. The molecular formula is C16H21NO6. The highest BCUT2D eigenvalue weighted by Gasteiger charge is 2.24. The van der Waals surface area contributed by atoms with Gasteiger partial charge in [0.2, 0.25) is 5.75 Å². The molecule has 7 nitrogen and oxygen atoms in total. The summed E-state index contributed by atoms with van der Waals surface area (Å²) in [6.07, 6.45) is 1.15. The molecule has 1 amide bonds. The zero-order valence-electron chi connectivity index (χ0n) is 13.6. The van der Waals surface area contributed by atoms with Gasteiger partial charge in [-0.3, -0.25) is 4.79 Å². The maximum atomic E-state index is 12.5. The Morgan fingerprint density at radius 3 is 2.13 bits per heavy atom. The molecule has 0 N–H and O–H groups in total. The fraction of sp³-hybridized carbons (Fsp3) is 0.500. The minimum atomic E-state index is -0.859. The Kier molecular flexibility index (Phi) is 5.67. The highest BCUT2D eigenvalue weighted by Crippen LogP contribution is 2.39. The molecule has 0 aromatic heterocycles. The van der Waals surface area contributed by atoms with Crippen LogP contribution in [-0.2, 0) is 4.74 Å². The van der Waals surface area contributed by atoms with Crippen molar-refractivity contribution in [2.24, 2.45) is 0 Å². The Bertz CT molecular complexity index is 555. The number of amides is 1. The van der Waals surface area contributed by atoms with E-state index in [0.717, 1.165) is 25.9 Å². The van der Waals surface area contributed by atoms with Crippen molar-refractivity contribution in [1.29, 1.82) is 0 Å². The van der Waals surface area contributed by atoms with Gasteiger partial charge in [-0.15, -0.1) is 0 Å². The number of carbonyl (C=O) groups excluding carboxylic acids is 2. The van der Waals surface area contributed by atoms with Crippen LogP contribution in [0.25, 0.3) is 0 Å². The van der Waals surface area contributed by atoms with Gasteiger partial charge in [-0.25, -0.2) is 4.79 Å². The van der Waals surface area contributed by atoms with Gasteiger partial charge in [0, 0.05) is 18.7 Å². The van der Waals surface area contributed by atoms with Gasteiger partial charge in [0.15, 0.2) is 11.5 Å². The zero-order valence-corrected chi connectivity index (χ0v) is 13.6. The van der Waals surface area contributed by atoms with Gasteiger partial charge < -0.3 is 23.8 Å². The molecule has 7 heteroatoms. The highest BCUT2D eigenvalue weighted by atomic mass is 16.7. The molecule has 1 aliphatic heterocycles. The first-order valence-electron chi connectivity index (χ1n) is 7.50. The molecule has 0 spiro atoms. The van der Waals surface area contributed by atoms with Gasteiger partial charge in [-0.1, -0.05) is 0 Å². The van der Waals surface area contributed by atoms with Gasteiger partial charge in [0.25, 0.3) is 5.91 Å². The monoisotopic (exact) mass is 323 g/mol. The average Bonchev–Trinajstić information content (AvgIpc) is 3.08. The lowest BCUT2D eigenvalue weighted by atomic mass is 10.1. The molecule has 126 valence electrons. The molecule has 1 aliphatic rings. The van der Waals surface area contributed by atoms with Crippen molar-refractivity contribution in [2.75, 3.05) is 33.9 Å². The van der Waals surface area contributed by atoms with Gasteiger partial charge in [-0.05, 0) is 31.9 Å². The summed E-state index contributed by atoms with van der Waals surface area (Å²) in [5, 5.41) is 0. The number of likely N-dealkylation sites (tertiary alicyclic amines) is 1. The first kappa shape index (κ1) is 16.9. The summed E-state index contributed by atoms with van der Waals surface area (Å²) in [4.78, 5) is 25.8. The summed E-state index contributed by atoms with van der Waals surface area (Å²) in [7, 11) is 2.85. The van der Waals surface area contributed by atoms with Crippen LogP contribution in [0.5, 0.6) is 17.2 Å². The molecule has 2 rings (SSSR count). The zero-order chi connectivity index (χ0) is 16.8. The second-order valence-electron chi connectivity index (χ2n) is 4.99. The fourth-order valence-electron chi connectivity index (χ4n) is 2.44. The van der Waals surface area contributed by atoms with Crippen LogP contribution in [0.2, 0.25) is 0 Å². The first-order chi connectivity index (χ1) is 11.1. The van der Waals surface area contributed by atoms with E-state index in [2.05, 4.69) is 0 Å². The number of benzene rings is 1. The highest BCUT2D eigenvalue weighted by molar-refractivity contribution is 5.96. The molecule has 0 aliphatic carbocycles. The molecule has 0 unspecified atom stereocenters. The number of rotatable bonds is 5. The average molecular weight is 323 g/mol. The van der Waals surface area contributed by atoms with Gasteiger partial charge in [0.1, 0.15) is 0 Å². The number of ether oxygens (including phenoxy) is 4. The smallest absolute Gasteiger partial charge is 0.493 e. The summed E-state index contributed by atoms with van der Waals surface area (Å²) >= 11 is 0. The van der Waals surface area contributed by atoms with E-state index >= 15 is 0 Å². The Labute approximate surface area is 135 Å². The van der Waals surface area contributed by atoms with Crippen LogP contribution >= 0.6 is 0 Å². The number of nitrogens with zero attached hydrogens (tertiary/aromatic N) is 1. The first-order valence-corrected chi connectivity index (χ1v) is 7.50. The third-order valence-corrected chi connectivity index (χ3v) is 3.55. The minimum absolute atomic E-state index is 0.0893. The molecule has 1 fully saturated rings. The van der Waals surface area contributed by atoms with Crippen molar-refractivity contribution in [3.63, 3.8) is 0 Å². The molecule has 0 radical (unpaired) electrons. The number of methoxy groups -OCH3 is 2. The summed E-state index contributed by atoms with van der Waals surface area (Å²) < 4.78 is 20.4. The summed E-state index contributed by atoms with van der Waals surface area (Å²) in [5.74, 6) is 0.466. The summed E-state index contributed by atoms with van der Waals surface area (Å²) in [5.41, 5.74) is 0.428. The van der Waals surface area contributed by atoms with Crippen LogP contribution in [0.3, 0.4) is 0 Å². The number of hydrogen-bond acceptors (Lipinski definition) is 6. The molecule has 1 heterocycles. The third-order valence-electron chi connectivity index (χ3n) is 3.55. The van der Waals surface area contributed by atoms with E-state index in [1.165, 1.54) is 26.4 Å². The lowest BCUT2D eigenvalue weighted by Crippen LogP contribution is -2.27. The van der Waals surface area contributed by atoms with E-state index in [-0.39, 0.29) is 29.8 Å². The van der Waals surface area contributed by atoms with Gasteiger partial charge in [0.05, 0.1) is 20.8 Å². The lowest BCUT2D eigenvalue weighted by Gasteiger charge is -2.18. The molecule has 1 saturated heterocycles. The Morgan fingerprint density at radius 2 is 1.65 bits per heavy atom. The van der Waals surface area contributed by atoms with Gasteiger partial charge >= 0.3 is 6.16 Å². The normalized spacial score (nSPS) is 13.6. The molecule has 0 atom stereocenters. The van der Waals surface area contributed by atoms with Crippen molar-refractivity contribution >= 4 is 12.1 Å². The number of carbonyl (C=O) groups is 2. The van der Waals surface area contributed by atoms with Crippen LogP contribution in [0, 0.1) is 0 Å². The largest absolute Gasteiger partial charge is 0.514 e. The molecular weight excluding hydrogens is 302 g/mol. The lowest BCUT2D eigenvalue weighted by molar-refractivity contribution is 0.0792. The Hall–Kier alpha value is -2.44. The van der Waals surface area contributed by atoms with E-state index in [1.807, 2.05) is 0 Å². The molecule has 0 bridgehead atoms. The van der Waals surface area contributed by atoms with Crippen LogP contribution in [-0.4, -0.2) is 50.9 Å². The second-order valence-corrected chi connectivity index (χ2v) is 4.99. The Morgan fingerprint density at radius 1 is 1.09 bits per heavy atom. The SMILES string of the molecule is CCOC(=O)Oc1c(OC)cc(C(=O)N2CCCC2)cc1OC. The second kappa shape index (κ2) is 7.71. The predicted molar refractivity (Wildman–Crippen MR) is 82.3 cm³/mol. The van der Waals surface area contributed by atoms with Crippen molar-refractivity contribution < 1.29 is 28.5 Å². The standard InChI is InChI=1S/C16H21NO6/c1-4-22-16(19)23-14-12(20-2)9-11(10-13(14)21-3)15(18)17-7-5-6-8-17/h9-10H,4-8H2,1-3H3. The van der Waals surface area contributed by atoms with Gasteiger partial charge in [-0.2, -0.15) is 0 Å². The minimum Gasteiger partial charge on any atom is -0.493 e. The van der Waals surface area contributed by atoms with Crippen LogP contribution in [0.15, 0.2) is 12.1 Å². The van der Waals surface area contributed by atoms with Crippen molar-refractivity contribution in [3.8, 4) is 17.2 Å². The van der Waals surface area contributed by atoms with E-state index in [1.54, 1.807) is 11.8 Å². The van der Waals surface area contributed by atoms with Crippen LogP contribution in [0.1, 0.15) is 30.1 Å². The summed E-state index contributed by atoms with van der Waals surface area (Å²) in [6.45, 7) is 3.34. The van der Waals surface area contributed by atoms with Crippen LogP contribution < -0.4 is 14.2 Å². The van der Waals surface area contributed by atoms with Crippen LogP contribution in [0.4, 0.5) is 4.79 Å². The fourth-order valence-corrected chi connectivity index (χ4v) is 2.44. The van der Waals surface area contributed by atoms with Crippen molar-refractivity contribution in [2.45, 2.75) is 19.8 Å². The quantitative estimate of drug-likeness (QED) is 0.612. The molecule has 0 saturated carbocycles. The molecule has 23 heavy (non-hydrogen) atoms. The van der Waals surface area contributed by atoms with E-state index in [0.29, 0.717) is 5.56 Å². The topological polar surface area (TPSA) is 74.3 Å². The Balaban J connectivity index is 2.33. The van der Waals surface area contributed by atoms with Crippen molar-refractivity contribution in [3.05, 3.63) is 17.7 Å². The van der Waals surface area contributed by atoms with E-state index in [9.17, 15) is 9.59 Å². The van der Waals surface area contributed by atoms with E-state index < -0.39 is 6.16 Å². The summed E-state index contributed by atoms with van der Waals surface area (Å²) in [6, 6.07) is 3.08. The third kappa shape index (κ3) is 3.85. The van der Waals surface area contributed by atoms with Crippen molar-refractivity contribution in [1.82, 2.24) is 4.90 Å². The van der Waals surface area contributed by atoms with E-state index in [4.69, 9.17) is 18.9 Å². The predicted octanol–water partition coefficient (Wildman–Crippen LogP) is 2.48. The molecule has 1 aromatic rings. The molecule has 1 aromatic carbocycles.